The first kappa shape index (κ1) is 19.2. The van der Waals surface area contributed by atoms with Crippen LogP contribution in [-0.2, 0) is 4.79 Å². The molecule has 0 saturated heterocycles. The van der Waals surface area contributed by atoms with E-state index in [2.05, 4.69) is 22.1 Å². The van der Waals surface area contributed by atoms with Crippen LogP contribution in [0.15, 0.2) is 39.0 Å². The summed E-state index contributed by atoms with van der Waals surface area (Å²) in [5.41, 5.74) is 1.44. The third-order valence-electron chi connectivity index (χ3n) is 2.67. The summed E-state index contributed by atoms with van der Waals surface area (Å²) >= 11 is 10.2. The molecule has 0 aliphatic heterocycles. The van der Waals surface area contributed by atoms with Gasteiger partial charge in [-0.15, -0.1) is 10.2 Å². The first-order chi connectivity index (χ1) is 11.3. The highest BCUT2D eigenvalue weighted by Gasteiger charge is 2.18. The van der Waals surface area contributed by atoms with E-state index in [-0.39, 0.29) is 10.9 Å². The third kappa shape index (κ3) is 5.77. The summed E-state index contributed by atoms with van der Waals surface area (Å²) in [5.74, 6) is 0.104. The summed E-state index contributed by atoms with van der Waals surface area (Å²) in [6, 6.07) is 3.84. The molecule has 1 aromatic carbocycles. The zero-order valence-electron chi connectivity index (χ0n) is 13.0. The van der Waals surface area contributed by atoms with Crippen molar-refractivity contribution in [2.75, 3.05) is 11.1 Å². The molecule has 9 heteroatoms. The third-order valence-corrected chi connectivity index (χ3v) is 6.45. The maximum absolute atomic E-state index is 13.0. The normalized spacial score (nSPS) is 12.0. The van der Waals surface area contributed by atoms with Crippen molar-refractivity contribution in [1.82, 2.24) is 10.2 Å². The lowest BCUT2D eigenvalue weighted by molar-refractivity contribution is -0.115. The molecule has 0 aliphatic carbocycles. The van der Waals surface area contributed by atoms with Gasteiger partial charge in [-0.2, -0.15) is 0 Å². The van der Waals surface area contributed by atoms with Crippen LogP contribution in [0.1, 0.15) is 13.8 Å². The van der Waals surface area contributed by atoms with Crippen molar-refractivity contribution >= 4 is 58.1 Å². The molecule has 2 aromatic rings. The Morgan fingerprint density at radius 1 is 1.46 bits per heavy atom. The molecule has 1 N–H and O–H groups in total. The van der Waals surface area contributed by atoms with Crippen molar-refractivity contribution in [3.63, 3.8) is 0 Å². The standard InChI is InChI=1S/C15H15ClFN3OS3/c1-8(2)7-22-14-19-20-15(24-14)23-9(3)13(21)18-12-5-4-10(17)6-11(12)16/h4-6,9H,1,7H2,2-3H3,(H,18,21)/t9-/m1/s1. The number of benzene rings is 1. The fourth-order valence-electron chi connectivity index (χ4n) is 1.52. The van der Waals surface area contributed by atoms with Gasteiger partial charge in [0.15, 0.2) is 8.68 Å². The predicted molar refractivity (Wildman–Crippen MR) is 101 cm³/mol. The van der Waals surface area contributed by atoms with Gasteiger partial charge in [0, 0.05) is 5.75 Å². The molecule has 4 nitrogen and oxygen atoms in total. The van der Waals surface area contributed by atoms with Crippen LogP contribution in [0.3, 0.4) is 0 Å². The van der Waals surface area contributed by atoms with Crippen molar-refractivity contribution in [3.05, 3.63) is 41.2 Å². The summed E-state index contributed by atoms with van der Waals surface area (Å²) in [4.78, 5) is 12.2. The highest BCUT2D eigenvalue weighted by atomic mass is 35.5. The van der Waals surface area contributed by atoms with Gasteiger partial charge in [0.2, 0.25) is 5.91 Å². The summed E-state index contributed by atoms with van der Waals surface area (Å²) in [6.45, 7) is 7.56. The highest BCUT2D eigenvalue weighted by molar-refractivity contribution is 8.04. The van der Waals surface area contributed by atoms with E-state index >= 15 is 0 Å². The number of nitrogens with one attached hydrogen (secondary N) is 1. The highest BCUT2D eigenvalue weighted by Crippen LogP contribution is 2.32. The molecule has 0 spiro atoms. The van der Waals surface area contributed by atoms with Crippen molar-refractivity contribution < 1.29 is 9.18 Å². The Morgan fingerprint density at radius 2 is 2.17 bits per heavy atom. The van der Waals surface area contributed by atoms with Gasteiger partial charge in [0.25, 0.3) is 0 Å². The van der Waals surface area contributed by atoms with Gasteiger partial charge < -0.3 is 5.32 Å². The number of halogens is 2. The first-order valence-electron chi connectivity index (χ1n) is 6.88. The van der Waals surface area contributed by atoms with E-state index in [9.17, 15) is 9.18 Å². The molecule has 1 heterocycles. The van der Waals surface area contributed by atoms with Crippen molar-refractivity contribution in [3.8, 4) is 0 Å². The molecule has 0 bridgehead atoms. The van der Waals surface area contributed by atoms with Gasteiger partial charge in [-0.3, -0.25) is 4.79 Å². The number of rotatable bonds is 7. The first-order valence-corrected chi connectivity index (χ1v) is 9.94. The van der Waals surface area contributed by atoms with Gasteiger partial charge in [-0.25, -0.2) is 4.39 Å². The number of hydrogen-bond acceptors (Lipinski definition) is 6. The summed E-state index contributed by atoms with van der Waals surface area (Å²) in [6.07, 6.45) is 0. The topological polar surface area (TPSA) is 54.9 Å². The fraction of sp³-hybridized carbons (Fsp3) is 0.267. The molecule has 0 saturated carbocycles. The van der Waals surface area contributed by atoms with Crippen LogP contribution in [0.5, 0.6) is 0 Å². The molecule has 0 fully saturated rings. The van der Waals surface area contributed by atoms with Gasteiger partial charge in [0.05, 0.1) is 16.0 Å². The molecule has 0 radical (unpaired) electrons. The molecule has 1 atom stereocenters. The summed E-state index contributed by atoms with van der Waals surface area (Å²) in [7, 11) is 0. The molecule has 24 heavy (non-hydrogen) atoms. The Morgan fingerprint density at radius 3 is 2.83 bits per heavy atom. The number of nitrogens with zero attached hydrogens (tertiary/aromatic N) is 2. The molecule has 1 amide bonds. The van der Waals surface area contributed by atoms with Gasteiger partial charge in [0.1, 0.15) is 5.82 Å². The van der Waals surface area contributed by atoms with E-state index < -0.39 is 11.1 Å². The number of carbonyl (C=O) groups excluding carboxylic acids is 1. The molecule has 2 rings (SSSR count). The minimum Gasteiger partial charge on any atom is -0.324 e. The van der Waals surface area contributed by atoms with Crippen LogP contribution < -0.4 is 5.32 Å². The number of thioether (sulfide) groups is 2. The van der Waals surface area contributed by atoms with Crippen molar-refractivity contribution in [2.45, 2.75) is 27.8 Å². The predicted octanol–water partition coefficient (Wildman–Crippen LogP) is 5.12. The monoisotopic (exact) mass is 403 g/mol. The maximum Gasteiger partial charge on any atom is 0.237 e. The quantitative estimate of drug-likeness (QED) is 0.513. The lowest BCUT2D eigenvalue weighted by Gasteiger charge is -2.11. The van der Waals surface area contributed by atoms with Crippen LogP contribution in [0.25, 0.3) is 0 Å². The second kappa shape index (κ2) is 8.84. The fourth-order valence-corrected chi connectivity index (χ4v) is 4.74. The number of carbonyl (C=O) groups is 1. The van der Waals surface area contributed by atoms with E-state index in [0.29, 0.717) is 10.0 Å². The van der Waals surface area contributed by atoms with Gasteiger partial charge >= 0.3 is 0 Å². The smallest absolute Gasteiger partial charge is 0.237 e. The molecule has 1 aromatic heterocycles. The Labute approximate surface area is 157 Å². The zero-order valence-corrected chi connectivity index (χ0v) is 16.2. The number of anilines is 1. The van der Waals surface area contributed by atoms with E-state index in [1.807, 2.05) is 6.92 Å². The lowest BCUT2D eigenvalue weighted by Crippen LogP contribution is -2.22. The minimum atomic E-state index is -0.450. The Balaban J connectivity index is 1.92. The van der Waals surface area contributed by atoms with Crippen molar-refractivity contribution in [2.24, 2.45) is 0 Å². The van der Waals surface area contributed by atoms with Crippen LogP contribution in [0.2, 0.25) is 5.02 Å². The number of aromatic nitrogens is 2. The summed E-state index contributed by atoms with van der Waals surface area (Å²) < 4.78 is 14.6. The van der Waals surface area contributed by atoms with Gasteiger partial charge in [-0.05, 0) is 32.0 Å². The average Bonchev–Trinajstić information content (AvgIpc) is 2.95. The van der Waals surface area contributed by atoms with Crippen LogP contribution >= 0.6 is 46.5 Å². The molecular formula is C15H15ClFN3OS3. The van der Waals surface area contributed by atoms with Crippen molar-refractivity contribution in [1.29, 1.82) is 0 Å². The second-order valence-corrected chi connectivity index (χ2v) is 9.15. The lowest BCUT2D eigenvalue weighted by atomic mass is 10.3. The van der Waals surface area contributed by atoms with Crippen LogP contribution in [0, 0.1) is 5.82 Å². The minimum absolute atomic E-state index is 0.162. The molecule has 0 unspecified atom stereocenters. The van der Waals surface area contributed by atoms with E-state index in [1.54, 1.807) is 18.7 Å². The number of hydrogen-bond donors (Lipinski definition) is 1. The van der Waals surface area contributed by atoms with Gasteiger partial charge in [-0.1, -0.05) is 58.6 Å². The molecule has 128 valence electrons. The van der Waals surface area contributed by atoms with E-state index in [4.69, 9.17) is 11.6 Å². The molecular weight excluding hydrogens is 389 g/mol. The zero-order chi connectivity index (χ0) is 17.7. The SMILES string of the molecule is C=C(C)CSc1nnc(S[C@H](C)C(=O)Nc2ccc(F)cc2Cl)s1. The van der Waals surface area contributed by atoms with E-state index in [0.717, 1.165) is 21.7 Å². The van der Waals surface area contributed by atoms with E-state index in [1.165, 1.54) is 35.2 Å². The maximum atomic E-state index is 13.0. The Bertz CT molecular complexity index is 753. The second-order valence-electron chi connectivity index (χ2n) is 4.95. The largest absolute Gasteiger partial charge is 0.324 e. The Hall–Kier alpha value is -1.09. The van der Waals surface area contributed by atoms with Crippen LogP contribution in [0.4, 0.5) is 10.1 Å². The average molecular weight is 404 g/mol. The number of amides is 1. The molecule has 0 aliphatic rings. The summed E-state index contributed by atoms with van der Waals surface area (Å²) in [5, 5.41) is 10.6. The Kier molecular flexibility index (Phi) is 7.09. The van der Waals surface area contributed by atoms with Crippen LogP contribution in [-0.4, -0.2) is 27.1 Å².